The standard InChI is InChI=1S/C24H29N3O.CH2O2/c1-16(2)15-18-7-9-21(10-8-18)24-26-23(27-28-24)20-13-11-19(12-14-20)17(3)25-22-5-4-6-22;2-1-3/h7-14,16-17,22,25H,4-6,15H2,1-3H3;1H,(H,2,3). The third-order valence-corrected chi connectivity index (χ3v) is 5.53. The van der Waals surface area contributed by atoms with Crippen molar-refractivity contribution < 1.29 is 14.4 Å². The topological polar surface area (TPSA) is 88.3 Å². The van der Waals surface area contributed by atoms with E-state index < -0.39 is 0 Å². The van der Waals surface area contributed by atoms with Crippen molar-refractivity contribution in [1.29, 1.82) is 0 Å². The van der Waals surface area contributed by atoms with Gasteiger partial charge >= 0.3 is 0 Å². The SMILES string of the molecule is CC(C)Cc1ccc(-c2nc(-c3ccc(C(C)NC4CCC4)cc3)no2)cc1.O=CO. The molecule has 1 aromatic heterocycles. The van der Waals surface area contributed by atoms with Crippen molar-refractivity contribution in [3.63, 3.8) is 0 Å². The molecule has 1 saturated carbocycles. The second-order valence-corrected chi connectivity index (χ2v) is 8.46. The number of benzene rings is 2. The van der Waals surface area contributed by atoms with Crippen molar-refractivity contribution in [2.45, 2.75) is 58.5 Å². The van der Waals surface area contributed by atoms with E-state index in [1.807, 2.05) is 0 Å². The highest BCUT2D eigenvalue weighted by Gasteiger charge is 2.19. The Balaban J connectivity index is 0.000000858. The molecule has 1 unspecified atom stereocenters. The van der Waals surface area contributed by atoms with Crippen molar-refractivity contribution in [1.82, 2.24) is 15.5 Å². The van der Waals surface area contributed by atoms with E-state index in [0.717, 1.165) is 17.5 Å². The Morgan fingerprint density at radius 1 is 1.06 bits per heavy atom. The summed E-state index contributed by atoms with van der Waals surface area (Å²) in [6.07, 6.45) is 5.03. The number of aromatic nitrogens is 2. The smallest absolute Gasteiger partial charge is 0.290 e. The van der Waals surface area contributed by atoms with E-state index in [1.165, 1.54) is 30.4 Å². The highest BCUT2D eigenvalue weighted by molar-refractivity contribution is 5.60. The minimum Gasteiger partial charge on any atom is -0.483 e. The van der Waals surface area contributed by atoms with Gasteiger partial charge in [-0.2, -0.15) is 4.98 Å². The largest absolute Gasteiger partial charge is 0.483 e. The minimum absolute atomic E-state index is 0.250. The van der Waals surface area contributed by atoms with E-state index in [0.29, 0.717) is 29.7 Å². The van der Waals surface area contributed by atoms with Crippen molar-refractivity contribution in [2.24, 2.45) is 5.92 Å². The van der Waals surface area contributed by atoms with Crippen LogP contribution >= 0.6 is 0 Å². The summed E-state index contributed by atoms with van der Waals surface area (Å²) in [6.45, 7) is 6.43. The van der Waals surface area contributed by atoms with Gasteiger partial charge in [-0.25, -0.2) is 0 Å². The zero-order chi connectivity index (χ0) is 22.2. The fourth-order valence-corrected chi connectivity index (χ4v) is 3.66. The number of rotatable bonds is 7. The number of nitrogens with zero attached hydrogens (tertiary/aromatic N) is 2. The van der Waals surface area contributed by atoms with Crippen LogP contribution < -0.4 is 5.32 Å². The molecule has 6 heteroatoms. The highest BCUT2D eigenvalue weighted by atomic mass is 16.5. The Morgan fingerprint density at radius 2 is 1.68 bits per heavy atom. The van der Waals surface area contributed by atoms with Gasteiger partial charge in [0.1, 0.15) is 0 Å². The van der Waals surface area contributed by atoms with Crippen molar-refractivity contribution >= 4 is 6.47 Å². The Kier molecular flexibility index (Phi) is 7.95. The van der Waals surface area contributed by atoms with Crippen LogP contribution in [-0.4, -0.2) is 27.8 Å². The lowest BCUT2D eigenvalue weighted by atomic mass is 9.91. The molecule has 3 aromatic rings. The van der Waals surface area contributed by atoms with Crippen LogP contribution in [0.4, 0.5) is 0 Å². The molecular formula is C25H31N3O3. The first-order valence-corrected chi connectivity index (χ1v) is 10.9. The van der Waals surface area contributed by atoms with Crippen LogP contribution in [0.3, 0.4) is 0 Å². The molecule has 0 aliphatic heterocycles. The molecule has 0 bridgehead atoms. The molecule has 1 fully saturated rings. The molecule has 164 valence electrons. The van der Waals surface area contributed by atoms with E-state index in [4.69, 9.17) is 14.4 Å². The number of hydrogen-bond acceptors (Lipinski definition) is 5. The van der Waals surface area contributed by atoms with Gasteiger partial charge in [0.25, 0.3) is 12.4 Å². The number of hydrogen-bond donors (Lipinski definition) is 2. The van der Waals surface area contributed by atoms with Crippen LogP contribution in [0.25, 0.3) is 22.8 Å². The average Bonchev–Trinajstić information content (AvgIpc) is 3.22. The Bertz CT molecular complexity index is 945. The van der Waals surface area contributed by atoms with Crippen LogP contribution in [0.1, 0.15) is 57.2 Å². The monoisotopic (exact) mass is 421 g/mol. The fourth-order valence-electron chi connectivity index (χ4n) is 3.66. The summed E-state index contributed by atoms with van der Waals surface area (Å²) in [5.41, 5.74) is 4.56. The molecule has 2 N–H and O–H groups in total. The van der Waals surface area contributed by atoms with Gasteiger partial charge in [0.2, 0.25) is 5.82 Å². The Hall–Kier alpha value is -2.99. The van der Waals surface area contributed by atoms with Crippen LogP contribution in [0.2, 0.25) is 0 Å². The minimum atomic E-state index is -0.250. The third kappa shape index (κ3) is 6.25. The van der Waals surface area contributed by atoms with Crippen molar-refractivity contribution in [2.75, 3.05) is 0 Å². The molecule has 1 heterocycles. The summed E-state index contributed by atoms with van der Waals surface area (Å²) in [4.78, 5) is 13.0. The molecule has 31 heavy (non-hydrogen) atoms. The van der Waals surface area contributed by atoms with E-state index >= 15 is 0 Å². The van der Waals surface area contributed by atoms with E-state index in [1.54, 1.807) is 0 Å². The van der Waals surface area contributed by atoms with Gasteiger partial charge in [0.05, 0.1) is 0 Å². The van der Waals surface area contributed by atoms with Gasteiger partial charge in [0.15, 0.2) is 0 Å². The number of nitrogens with one attached hydrogen (secondary N) is 1. The zero-order valence-electron chi connectivity index (χ0n) is 18.4. The number of carboxylic acid groups (broad SMARTS) is 1. The lowest BCUT2D eigenvalue weighted by molar-refractivity contribution is -0.122. The molecule has 0 amide bonds. The maximum Gasteiger partial charge on any atom is 0.290 e. The molecule has 4 rings (SSSR count). The second-order valence-electron chi connectivity index (χ2n) is 8.46. The summed E-state index contributed by atoms with van der Waals surface area (Å²) in [7, 11) is 0. The van der Waals surface area contributed by atoms with Crippen LogP contribution in [-0.2, 0) is 11.2 Å². The lowest BCUT2D eigenvalue weighted by Crippen LogP contribution is -2.36. The summed E-state index contributed by atoms with van der Waals surface area (Å²) < 4.78 is 5.51. The predicted octanol–water partition coefficient (Wildman–Crippen LogP) is 5.51. The Labute approximate surface area is 183 Å². The summed E-state index contributed by atoms with van der Waals surface area (Å²) in [6, 6.07) is 17.9. The first-order valence-electron chi connectivity index (χ1n) is 10.9. The van der Waals surface area contributed by atoms with Crippen molar-refractivity contribution in [3.05, 3.63) is 59.7 Å². The van der Waals surface area contributed by atoms with E-state index in [2.05, 4.69) is 84.8 Å². The van der Waals surface area contributed by atoms with Crippen LogP contribution in [0.15, 0.2) is 53.1 Å². The molecular weight excluding hydrogens is 390 g/mol. The molecule has 0 saturated heterocycles. The molecule has 0 spiro atoms. The molecule has 1 atom stereocenters. The molecule has 1 aliphatic carbocycles. The first kappa shape index (κ1) is 22.7. The summed E-state index contributed by atoms with van der Waals surface area (Å²) >= 11 is 0. The predicted molar refractivity (Wildman–Crippen MR) is 122 cm³/mol. The highest BCUT2D eigenvalue weighted by Crippen LogP contribution is 2.26. The van der Waals surface area contributed by atoms with E-state index in [-0.39, 0.29) is 6.47 Å². The van der Waals surface area contributed by atoms with Gasteiger partial charge in [0, 0.05) is 23.2 Å². The summed E-state index contributed by atoms with van der Waals surface area (Å²) in [5, 5.41) is 14.7. The normalized spacial score (nSPS) is 14.5. The van der Waals surface area contributed by atoms with Gasteiger partial charge in [-0.05, 0) is 55.4 Å². The van der Waals surface area contributed by atoms with Gasteiger partial charge in [-0.15, -0.1) is 0 Å². The average molecular weight is 422 g/mol. The van der Waals surface area contributed by atoms with Gasteiger partial charge in [-0.3, -0.25) is 4.79 Å². The van der Waals surface area contributed by atoms with Gasteiger partial charge < -0.3 is 14.9 Å². The molecule has 2 aromatic carbocycles. The third-order valence-electron chi connectivity index (χ3n) is 5.53. The molecule has 6 nitrogen and oxygen atoms in total. The second kappa shape index (κ2) is 10.9. The zero-order valence-corrected chi connectivity index (χ0v) is 18.4. The lowest BCUT2D eigenvalue weighted by Gasteiger charge is -2.30. The quantitative estimate of drug-likeness (QED) is 0.489. The van der Waals surface area contributed by atoms with Crippen LogP contribution in [0.5, 0.6) is 0 Å². The Morgan fingerprint density at radius 3 is 2.23 bits per heavy atom. The molecule has 1 aliphatic rings. The molecule has 0 radical (unpaired) electrons. The van der Waals surface area contributed by atoms with E-state index in [9.17, 15) is 0 Å². The van der Waals surface area contributed by atoms with Crippen molar-refractivity contribution in [3.8, 4) is 22.8 Å². The maximum absolute atomic E-state index is 8.36. The number of carbonyl (C=O) groups is 1. The fraction of sp³-hybridized carbons (Fsp3) is 0.400. The van der Waals surface area contributed by atoms with Crippen LogP contribution in [0, 0.1) is 5.92 Å². The summed E-state index contributed by atoms with van der Waals surface area (Å²) in [5.74, 6) is 1.85. The first-order chi connectivity index (χ1) is 15.0. The van der Waals surface area contributed by atoms with Gasteiger partial charge in [-0.1, -0.05) is 61.8 Å². The maximum atomic E-state index is 8.36.